The van der Waals surface area contributed by atoms with Crippen LogP contribution in [0.2, 0.25) is 0 Å². The molecule has 1 atom stereocenters. The van der Waals surface area contributed by atoms with Crippen LogP contribution in [0, 0.1) is 0 Å². The van der Waals surface area contributed by atoms with Gasteiger partial charge in [-0.25, -0.2) is 0 Å². The number of fused-ring (bicyclic) bond motifs is 17. The summed E-state index contributed by atoms with van der Waals surface area (Å²) in [6, 6.07) is 92.4. The van der Waals surface area contributed by atoms with E-state index < -0.39 is 5.41 Å². The van der Waals surface area contributed by atoms with E-state index in [0.29, 0.717) is 0 Å². The van der Waals surface area contributed by atoms with E-state index in [-0.39, 0.29) is 5.41 Å². The van der Waals surface area contributed by atoms with Crippen LogP contribution in [-0.4, -0.2) is 0 Å². The highest BCUT2D eigenvalue weighted by molar-refractivity contribution is 6.16. The molecule has 3 aliphatic rings. The zero-order valence-corrected chi connectivity index (χ0v) is 40.0. The van der Waals surface area contributed by atoms with E-state index in [2.05, 4.69) is 267 Å². The topological polar surface area (TPSA) is 16.4 Å². The van der Waals surface area contributed by atoms with Crippen molar-refractivity contribution in [3.8, 4) is 66.8 Å². The monoisotopic (exact) mass is 917 g/mol. The molecule has 1 heterocycles. The van der Waals surface area contributed by atoms with Crippen LogP contribution in [0.25, 0.3) is 88.7 Å². The fourth-order valence-electron chi connectivity index (χ4n) is 13.1. The van der Waals surface area contributed by atoms with Gasteiger partial charge in [0.05, 0.1) is 11.1 Å². The fourth-order valence-corrected chi connectivity index (χ4v) is 13.1. The van der Waals surface area contributed by atoms with Crippen LogP contribution >= 0.6 is 0 Å². The Hall–Kier alpha value is -8.98. The maximum Gasteiger partial charge on any atom is 0.136 e. The Morgan fingerprint density at radius 3 is 1.67 bits per heavy atom. The highest BCUT2D eigenvalue weighted by Gasteiger charge is 2.52. The molecule has 0 bridgehead atoms. The van der Waals surface area contributed by atoms with Crippen LogP contribution in [0.1, 0.15) is 47.2 Å². The molecule has 12 aromatic rings. The lowest BCUT2D eigenvalue weighted by Gasteiger charge is -2.31. The first-order valence-electron chi connectivity index (χ1n) is 25.2. The Morgan fingerprint density at radius 1 is 0.319 bits per heavy atom. The number of para-hydroxylation sites is 2. The molecule has 0 radical (unpaired) electrons. The minimum absolute atomic E-state index is 0.171. The van der Waals surface area contributed by atoms with Crippen molar-refractivity contribution >= 4 is 39.0 Å². The van der Waals surface area contributed by atoms with E-state index in [4.69, 9.17) is 4.42 Å². The van der Waals surface area contributed by atoms with Gasteiger partial charge in [0.2, 0.25) is 0 Å². The molecule has 0 N–H and O–H groups in total. The molecular weight excluding hydrogens is 871 g/mol. The van der Waals surface area contributed by atoms with Crippen molar-refractivity contribution in [3.63, 3.8) is 0 Å². The van der Waals surface area contributed by atoms with Crippen molar-refractivity contribution < 1.29 is 4.42 Å². The van der Waals surface area contributed by atoms with E-state index >= 15 is 0 Å². The molecule has 0 fully saturated rings. The lowest BCUT2D eigenvalue weighted by Crippen LogP contribution is -2.25. The molecule has 338 valence electrons. The zero-order chi connectivity index (χ0) is 47.7. The van der Waals surface area contributed by atoms with E-state index in [0.717, 1.165) is 44.7 Å². The van der Waals surface area contributed by atoms with E-state index in [1.807, 2.05) is 0 Å². The summed E-state index contributed by atoms with van der Waals surface area (Å²) in [6.07, 6.45) is 0. The summed E-state index contributed by atoms with van der Waals surface area (Å²) in [5.74, 6) is 0. The predicted molar refractivity (Wildman–Crippen MR) is 299 cm³/mol. The van der Waals surface area contributed by atoms with Gasteiger partial charge in [0, 0.05) is 33.1 Å². The van der Waals surface area contributed by atoms with Gasteiger partial charge in [-0.15, -0.1) is 0 Å². The molecule has 0 amide bonds. The second-order valence-electron chi connectivity index (χ2n) is 20.3. The number of rotatable bonds is 6. The van der Waals surface area contributed by atoms with E-state index in [1.54, 1.807) is 0 Å². The third-order valence-electron chi connectivity index (χ3n) is 16.3. The molecule has 3 aliphatic carbocycles. The summed E-state index contributed by atoms with van der Waals surface area (Å²) in [5, 5.41) is 2.33. The smallest absolute Gasteiger partial charge is 0.136 e. The van der Waals surface area contributed by atoms with Crippen LogP contribution in [-0.2, 0) is 10.8 Å². The summed E-state index contributed by atoms with van der Waals surface area (Å²) >= 11 is 0. The van der Waals surface area contributed by atoms with Crippen LogP contribution in [0.5, 0.6) is 0 Å². The molecule has 2 nitrogen and oxygen atoms in total. The second-order valence-corrected chi connectivity index (χ2v) is 20.3. The maximum atomic E-state index is 6.58. The van der Waals surface area contributed by atoms with Crippen LogP contribution in [0.3, 0.4) is 0 Å². The summed E-state index contributed by atoms with van der Waals surface area (Å²) < 4.78 is 6.58. The van der Waals surface area contributed by atoms with Gasteiger partial charge >= 0.3 is 0 Å². The molecule has 1 spiro atoms. The molecule has 11 aromatic carbocycles. The first-order valence-corrected chi connectivity index (χ1v) is 25.2. The van der Waals surface area contributed by atoms with Gasteiger partial charge in [0.25, 0.3) is 0 Å². The molecule has 0 saturated heterocycles. The van der Waals surface area contributed by atoms with Gasteiger partial charge in [-0.05, 0) is 149 Å². The van der Waals surface area contributed by atoms with Gasteiger partial charge in [0.15, 0.2) is 0 Å². The molecule has 0 aliphatic heterocycles. The Kier molecular flexibility index (Phi) is 8.66. The predicted octanol–water partition coefficient (Wildman–Crippen LogP) is 18.7. The minimum atomic E-state index is -0.546. The molecule has 1 unspecified atom stereocenters. The summed E-state index contributed by atoms with van der Waals surface area (Å²) in [5.41, 5.74) is 27.1. The van der Waals surface area contributed by atoms with Crippen molar-refractivity contribution in [2.75, 3.05) is 4.90 Å². The lowest BCUT2D eigenvalue weighted by molar-refractivity contribution is 0.660. The van der Waals surface area contributed by atoms with E-state index in [1.165, 1.54) is 94.4 Å². The van der Waals surface area contributed by atoms with Gasteiger partial charge in [-0.2, -0.15) is 0 Å². The first-order chi connectivity index (χ1) is 35.5. The largest absolute Gasteiger partial charge is 0.456 e. The number of furan rings is 1. The van der Waals surface area contributed by atoms with Crippen molar-refractivity contribution in [2.45, 2.75) is 24.7 Å². The Labute approximate surface area is 419 Å². The number of hydrogen-bond donors (Lipinski definition) is 0. The molecule has 72 heavy (non-hydrogen) atoms. The SMILES string of the molecule is CC1(C)c2ccccc2-c2ccc(N(c3cc(-c4ccccc4)cc(-c4ccc5c(c4)C4(c6ccccc6-5)c5ccccc5-c5c4ccc4oc6ccccc6c54)c3)c3ccccc3-c3ccccc3)cc21. The highest BCUT2D eigenvalue weighted by Crippen LogP contribution is 2.65. The first kappa shape index (κ1) is 40.9. The molecule has 15 rings (SSSR count). The van der Waals surface area contributed by atoms with Crippen LogP contribution in [0.15, 0.2) is 253 Å². The standard InChI is InChI=1S/C70H47NO/c1-69(2)58-28-14-9-24-52(58)54-36-34-49(43-62(54)69)71(64-31-17-12-23-51(64)45-21-7-4-8-22-45)50-40-47(44-19-5-3-6-20-44)39-48(41-50)46-33-35-55-53-25-10-15-29-59(53)70(63(55)42-46)60-30-16-11-26-56(60)67-61(70)37-38-66-68(67)57-27-13-18-32-65(57)72-66/h3-43H,1-2H3. The molecular formula is C70H47NO. The van der Waals surface area contributed by atoms with Crippen LogP contribution in [0.4, 0.5) is 17.1 Å². The van der Waals surface area contributed by atoms with Crippen molar-refractivity contribution in [3.05, 3.63) is 282 Å². The Balaban J connectivity index is 0.988. The normalized spacial score (nSPS) is 15.2. The average molecular weight is 918 g/mol. The van der Waals surface area contributed by atoms with Crippen LogP contribution < -0.4 is 4.90 Å². The number of anilines is 3. The third-order valence-corrected chi connectivity index (χ3v) is 16.3. The number of benzene rings is 11. The Bertz CT molecular complexity index is 4200. The Morgan fingerprint density at radius 2 is 0.889 bits per heavy atom. The van der Waals surface area contributed by atoms with Crippen molar-refractivity contribution in [2.24, 2.45) is 0 Å². The lowest BCUT2D eigenvalue weighted by atomic mass is 9.70. The maximum absolute atomic E-state index is 6.58. The number of hydrogen-bond acceptors (Lipinski definition) is 2. The van der Waals surface area contributed by atoms with E-state index in [9.17, 15) is 0 Å². The van der Waals surface area contributed by atoms with Crippen molar-refractivity contribution in [1.29, 1.82) is 0 Å². The minimum Gasteiger partial charge on any atom is -0.456 e. The quantitative estimate of drug-likeness (QED) is 0.165. The van der Waals surface area contributed by atoms with Gasteiger partial charge in [-0.1, -0.05) is 208 Å². The molecule has 2 heteroatoms. The summed E-state index contributed by atoms with van der Waals surface area (Å²) in [7, 11) is 0. The molecule has 0 saturated carbocycles. The molecule has 1 aromatic heterocycles. The number of nitrogens with zero attached hydrogens (tertiary/aromatic N) is 1. The highest BCUT2D eigenvalue weighted by atomic mass is 16.3. The summed E-state index contributed by atoms with van der Waals surface area (Å²) in [4.78, 5) is 2.51. The van der Waals surface area contributed by atoms with Crippen molar-refractivity contribution in [1.82, 2.24) is 0 Å². The van der Waals surface area contributed by atoms with Gasteiger partial charge in [0.1, 0.15) is 11.2 Å². The second kappa shape index (κ2) is 15.3. The zero-order valence-electron chi connectivity index (χ0n) is 40.0. The van der Waals surface area contributed by atoms with Gasteiger partial charge in [-0.3, -0.25) is 0 Å². The third kappa shape index (κ3) is 5.66. The van der Waals surface area contributed by atoms with Gasteiger partial charge < -0.3 is 9.32 Å². The summed E-state index contributed by atoms with van der Waals surface area (Å²) in [6.45, 7) is 4.75. The average Bonchev–Trinajstić information content (AvgIpc) is 4.13. The fraction of sp³-hybridized carbons (Fsp3) is 0.0571.